The fraction of sp³-hybridized carbons (Fsp3) is 0.971. The van der Waals surface area contributed by atoms with Crippen LogP contribution >= 0.6 is 7.82 Å². The third-order valence-electron chi connectivity index (χ3n) is 8.59. The highest BCUT2D eigenvalue weighted by molar-refractivity contribution is 7.46. The Labute approximate surface area is 266 Å². The molecule has 2 atom stereocenters. The molecule has 0 bridgehead atoms. The minimum Gasteiger partial charge on any atom is -0.391 e. The number of hydrogen-bond donors (Lipinski definition) is 4. The van der Waals surface area contributed by atoms with Gasteiger partial charge in [-0.1, -0.05) is 181 Å². The van der Waals surface area contributed by atoms with E-state index in [1.54, 1.807) is 0 Å². The Kier molecular flexibility index (Phi) is 31.2. The maximum Gasteiger partial charge on any atom is 0.469 e. The maximum atomic E-state index is 12.5. The minimum absolute atomic E-state index is 0.192. The van der Waals surface area contributed by atoms with Gasteiger partial charge in [0, 0.05) is 6.42 Å². The number of nitrogens with one attached hydrogen (secondary N) is 1. The molecule has 43 heavy (non-hydrogen) atoms. The number of aliphatic hydroxyl groups excluding tert-OH is 1. The molecule has 0 heterocycles. The van der Waals surface area contributed by atoms with Gasteiger partial charge in [0.15, 0.2) is 0 Å². The summed E-state index contributed by atoms with van der Waals surface area (Å²) in [5, 5.41) is 13.4. The zero-order valence-corrected chi connectivity index (χ0v) is 29.3. The highest BCUT2D eigenvalue weighted by Gasteiger charge is 2.25. The molecule has 0 spiro atoms. The van der Waals surface area contributed by atoms with Gasteiger partial charge in [-0.05, 0) is 12.8 Å². The van der Waals surface area contributed by atoms with Gasteiger partial charge >= 0.3 is 7.82 Å². The lowest BCUT2D eigenvalue weighted by Crippen LogP contribution is -2.46. The summed E-state index contributed by atoms with van der Waals surface area (Å²) in [5.74, 6) is -0.192. The average molecular weight is 634 g/mol. The summed E-state index contributed by atoms with van der Waals surface area (Å²) in [6, 6.07) is -0.816. The fourth-order valence-electron chi connectivity index (χ4n) is 5.76. The van der Waals surface area contributed by atoms with Crippen molar-refractivity contribution in [1.82, 2.24) is 5.32 Å². The van der Waals surface area contributed by atoms with Gasteiger partial charge in [-0.25, -0.2) is 4.57 Å². The molecular weight excluding hydrogens is 561 g/mol. The van der Waals surface area contributed by atoms with E-state index in [0.29, 0.717) is 12.8 Å². The van der Waals surface area contributed by atoms with Crippen molar-refractivity contribution in [3.8, 4) is 0 Å². The zero-order chi connectivity index (χ0) is 31.9. The fourth-order valence-corrected chi connectivity index (χ4v) is 6.11. The molecule has 0 unspecified atom stereocenters. The summed E-state index contributed by atoms with van der Waals surface area (Å²) < 4.78 is 15.9. The van der Waals surface area contributed by atoms with Crippen LogP contribution in [-0.4, -0.2) is 39.6 Å². The second-order valence-electron chi connectivity index (χ2n) is 12.9. The van der Waals surface area contributed by atoms with Gasteiger partial charge in [0.1, 0.15) is 0 Å². The van der Waals surface area contributed by atoms with Crippen molar-refractivity contribution >= 4 is 13.7 Å². The second kappa shape index (κ2) is 31.5. The number of phosphoric acid groups is 1. The van der Waals surface area contributed by atoms with Crippen LogP contribution in [0.25, 0.3) is 0 Å². The van der Waals surface area contributed by atoms with Gasteiger partial charge < -0.3 is 20.2 Å². The van der Waals surface area contributed by atoms with Crippen LogP contribution in [0.5, 0.6) is 0 Å². The van der Waals surface area contributed by atoms with Crippen molar-refractivity contribution in [2.75, 3.05) is 6.61 Å². The van der Waals surface area contributed by atoms with E-state index in [-0.39, 0.29) is 5.91 Å². The van der Waals surface area contributed by atoms with Crippen molar-refractivity contribution < 1.29 is 28.8 Å². The van der Waals surface area contributed by atoms with Crippen molar-refractivity contribution in [2.24, 2.45) is 0 Å². The first-order valence-corrected chi connectivity index (χ1v) is 20.0. The number of phosphoric ester groups is 1. The molecule has 0 rings (SSSR count). The van der Waals surface area contributed by atoms with Gasteiger partial charge in [-0.15, -0.1) is 0 Å². The summed E-state index contributed by atoms with van der Waals surface area (Å²) in [6.45, 7) is 4.11. The smallest absolute Gasteiger partial charge is 0.391 e. The van der Waals surface area contributed by atoms with E-state index in [1.807, 2.05) is 0 Å². The van der Waals surface area contributed by atoms with Gasteiger partial charge in [-0.2, -0.15) is 0 Å². The largest absolute Gasteiger partial charge is 0.469 e. The molecule has 1 amide bonds. The van der Waals surface area contributed by atoms with Crippen molar-refractivity contribution in [3.05, 3.63) is 0 Å². The number of carbonyl (C=O) groups is 1. The first-order chi connectivity index (χ1) is 20.8. The third kappa shape index (κ3) is 32.7. The number of aliphatic hydroxyl groups is 1. The summed E-state index contributed by atoms with van der Waals surface area (Å²) >= 11 is 0. The van der Waals surface area contributed by atoms with Crippen LogP contribution in [0.1, 0.15) is 200 Å². The molecule has 258 valence electrons. The van der Waals surface area contributed by atoms with Crippen LogP contribution in [0, 0.1) is 0 Å². The lowest BCUT2D eigenvalue weighted by Gasteiger charge is -2.24. The molecule has 0 aromatic heterocycles. The summed E-state index contributed by atoms with van der Waals surface area (Å²) in [4.78, 5) is 30.8. The van der Waals surface area contributed by atoms with Gasteiger partial charge in [0.05, 0.1) is 18.8 Å². The minimum atomic E-state index is -4.68. The van der Waals surface area contributed by atoms with Gasteiger partial charge in [-0.3, -0.25) is 9.32 Å². The SMILES string of the molecule is CCCCCCCCCCCCCCCCCC(=O)N[C@@H](COP(=O)(O)O)[C@H](O)CCCCCCCCCCCCCC. The lowest BCUT2D eigenvalue weighted by atomic mass is 10.0. The Morgan fingerprint density at radius 1 is 0.581 bits per heavy atom. The number of hydrogen-bond acceptors (Lipinski definition) is 4. The van der Waals surface area contributed by atoms with E-state index in [9.17, 15) is 14.5 Å². The van der Waals surface area contributed by atoms with E-state index >= 15 is 0 Å². The molecule has 7 nitrogen and oxygen atoms in total. The van der Waals surface area contributed by atoms with Gasteiger partial charge in [0.25, 0.3) is 0 Å². The second-order valence-corrected chi connectivity index (χ2v) is 14.1. The highest BCUT2D eigenvalue weighted by atomic mass is 31.2. The average Bonchev–Trinajstić information content (AvgIpc) is 2.97. The molecule has 0 aromatic rings. The highest BCUT2D eigenvalue weighted by Crippen LogP contribution is 2.36. The lowest BCUT2D eigenvalue weighted by molar-refractivity contribution is -0.123. The van der Waals surface area contributed by atoms with Crippen LogP contribution in [0.3, 0.4) is 0 Å². The Balaban J connectivity index is 3.95. The summed E-state index contributed by atoms with van der Waals surface area (Å²) in [6.07, 6.45) is 33.6. The van der Waals surface area contributed by atoms with E-state index in [0.717, 1.165) is 38.5 Å². The first-order valence-electron chi connectivity index (χ1n) is 18.5. The van der Waals surface area contributed by atoms with E-state index in [2.05, 4.69) is 23.7 Å². The predicted molar refractivity (Wildman–Crippen MR) is 181 cm³/mol. The Bertz CT molecular complexity index is 644. The van der Waals surface area contributed by atoms with Crippen LogP contribution in [0.15, 0.2) is 0 Å². The molecular formula is C35H72NO6P. The van der Waals surface area contributed by atoms with Crippen LogP contribution < -0.4 is 5.32 Å². The number of rotatable bonds is 34. The van der Waals surface area contributed by atoms with E-state index in [4.69, 9.17) is 9.79 Å². The standard InChI is InChI=1S/C35H72NO6P/c1-3-5-7-9-11-13-15-17-18-19-21-23-25-27-29-31-35(38)36-33(32-42-43(39,40)41)34(37)30-28-26-24-22-20-16-14-12-10-8-6-4-2/h33-34,37H,3-32H2,1-2H3,(H,36,38)(H2,39,40,41)/t33-,34+/m0/s1. The molecule has 0 radical (unpaired) electrons. The molecule has 4 N–H and O–H groups in total. The number of unbranched alkanes of at least 4 members (excludes halogenated alkanes) is 25. The molecule has 0 saturated carbocycles. The van der Waals surface area contributed by atoms with E-state index in [1.165, 1.54) is 135 Å². The molecule has 0 saturated heterocycles. The normalized spacial score (nSPS) is 13.3. The molecule has 0 aliphatic rings. The van der Waals surface area contributed by atoms with Crippen molar-refractivity contribution in [2.45, 2.75) is 212 Å². The first kappa shape index (κ1) is 42.5. The topological polar surface area (TPSA) is 116 Å². The Morgan fingerprint density at radius 3 is 1.26 bits per heavy atom. The monoisotopic (exact) mass is 634 g/mol. The maximum absolute atomic E-state index is 12.5. The molecule has 0 aromatic carbocycles. The molecule has 0 fully saturated rings. The molecule has 0 aliphatic carbocycles. The Hall–Kier alpha value is -0.460. The molecule has 0 aliphatic heterocycles. The summed E-state index contributed by atoms with van der Waals surface area (Å²) in [7, 11) is -4.68. The summed E-state index contributed by atoms with van der Waals surface area (Å²) in [5.41, 5.74) is 0. The van der Waals surface area contributed by atoms with Crippen molar-refractivity contribution in [3.63, 3.8) is 0 Å². The van der Waals surface area contributed by atoms with Gasteiger partial charge in [0.2, 0.25) is 5.91 Å². The zero-order valence-electron chi connectivity index (χ0n) is 28.4. The third-order valence-corrected chi connectivity index (χ3v) is 9.08. The number of carbonyl (C=O) groups excluding carboxylic acids is 1. The Morgan fingerprint density at radius 2 is 0.907 bits per heavy atom. The van der Waals surface area contributed by atoms with Crippen LogP contribution in [0.4, 0.5) is 0 Å². The number of amides is 1. The van der Waals surface area contributed by atoms with Crippen molar-refractivity contribution in [1.29, 1.82) is 0 Å². The quantitative estimate of drug-likeness (QED) is 0.0414. The predicted octanol–water partition coefficient (Wildman–Crippen LogP) is 10.3. The van der Waals surface area contributed by atoms with Crippen LogP contribution in [0.2, 0.25) is 0 Å². The van der Waals surface area contributed by atoms with E-state index < -0.39 is 26.6 Å². The van der Waals surface area contributed by atoms with Crippen LogP contribution in [-0.2, 0) is 13.9 Å². The molecule has 8 heteroatoms.